The molecule has 2 rings (SSSR count). The van der Waals surface area contributed by atoms with Gasteiger partial charge in [-0.05, 0) is 23.5 Å². The van der Waals surface area contributed by atoms with E-state index in [0.29, 0.717) is 0 Å². The van der Waals surface area contributed by atoms with Crippen molar-refractivity contribution in [2.45, 2.75) is 39.5 Å². The van der Waals surface area contributed by atoms with Crippen molar-refractivity contribution in [2.75, 3.05) is 0 Å². The molecule has 0 aliphatic rings. The number of nitrogens with zero attached hydrogens (tertiary/aromatic N) is 2. The summed E-state index contributed by atoms with van der Waals surface area (Å²) in [6.07, 6.45) is 5.29. The van der Waals surface area contributed by atoms with E-state index in [4.69, 9.17) is 0 Å². The number of imidazole rings is 1. The molecule has 0 unspecified atom stereocenters. The van der Waals surface area contributed by atoms with Gasteiger partial charge in [0.25, 0.3) is 0 Å². The minimum atomic E-state index is 0.199. The highest BCUT2D eigenvalue weighted by Crippen LogP contribution is 2.22. The molecule has 0 radical (unpaired) electrons. The highest BCUT2D eigenvalue weighted by Gasteiger charge is 2.14. The molecule has 0 atom stereocenters. The minimum Gasteiger partial charge on any atom is -0.307 e. The lowest BCUT2D eigenvalue weighted by molar-refractivity contribution is 0.586. The number of pyridine rings is 1. The van der Waals surface area contributed by atoms with E-state index >= 15 is 0 Å². The van der Waals surface area contributed by atoms with Gasteiger partial charge in [0, 0.05) is 12.4 Å². The van der Waals surface area contributed by atoms with Crippen LogP contribution in [-0.2, 0) is 11.8 Å². The third-order valence-electron chi connectivity index (χ3n) is 2.73. The maximum Gasteiger partial charge on any atom is 0.136 e. The van der Waals surface area contributed by atoms with Gasteiger partial charge in [-0.3, -0.25) is 0 Å². The Morgan fingerprint density at radius 2 is 1.93 bits per heavy atom. The topological polar surface area (TPSA) is 17.3 Å². The summed E-state index contributed by atoms with van der Waals surface area (Å²) in [7, 11) is 0. The molecule has 80 valence electrons. The first-order valence-corrected chi connectivity index (χ1v) is 5.49. The molecule has 2 heterocycles. The molecule has 0 N–H and O–H groups in total. The number of fused-ring (bicyclic) bond motifs is 1. The molecule has 0 bridgehead atoms. The van der Waals surface area contributed by atoms with Crippen LogP contribution in [0.2, 0.25) is 0 Å². The van der Waals surface area contributed by atoms with E-state index in [1.807, 2.05) is 0 Å². The Morgan fingerprint density at radius 3 is 2.53 bits per heavy atom. The quantitative estimate of drug-likeness (QED) is 0.694. The molecule has 2 aromatic rings. The van der Waals surface area contributed by atoms with Gasteiger partial charge in [-0.25, -0.2) is 4.98 Å². The minimum absolute atomic E-state index is 0.199. The summed E-state index contributed by atoms with van der Waals surface area (Å²) in [5.41, 5.74) is 3.74. The van der Waals surface area contributed by atoms with Crippen LogP contribution in [-0.4, -0.2) is 9.38 Å². The van der Waals surface area contributed by atoms with E-state index in [1.54, 1.807) is 0 Å². The lowest BCUT2D eigenvalue weighted by atomic mass is 9.88. The van der Waals surface area contributed by atoms with Crippen LogP contribution in [0.5, 0.6) is 0 Å². The van der Waals surface area contributed by atoms with Crippen molar-refractivity contribution in [2.24, 2.45) is 0 Å². The third-order valence-corrected chi connectivity index (χ3v) is 2.73. The third kappa shape index (κ3) is 1.89. The van der Waals surface area contributed by atoms with Crippen molar-refractivity contribution in [3.8, 4) is 0 Å². The molecule has 2 nitrogen and oxygen atoms in total. The van der Waals surface area contributed by atoms with Crippen LogP contribution < -0.4 is 0 Å². The van der Waals surface area contributed by atoms with Gasteiger partial charge < -0.3 is 4.40 Å². The molecular weight excluding hydrogens is 184 g/mol. The summed E-state index contributed by atoms with van der Waals surface area (Å²) in [6, 6.07) is 4.27. The molecule has 0 aromatic carbocycles. The number of aryl methyl sites for hydroxylation is 1. The van der Waals surface area contributed by atoms with E-state index < -0.39 is 0 Å². The predicted molar refractivity (Wildman–Crippen MR) is 63.3 cm³/mol. The molecule has 2 heteroatoms. The fourth-order valence-corrected chi connectivity index (χ4v) is 1.66. The fourth-order valence-electron chi connectivity index (χ4n) is 1.66. The molecule has 15 heavy (non-hydrogen) atoms. The van der Waals surface area contributed by atoms with Crippen molar-refractivity contribution < 1.29 is 0 Å². The number of hydrogen-bond acceptors (Lipinski definition) is 1. The average molecular weight is 202 g/mol. The average Bonchev–Trinajstić information content (AvgIpc) is 2.57. The zero-order valence-corrected chi connectivity index (χ0v) is 9.91. The van der Waals surface area contributed by atoms with Gasteiger partial charge in [-0.15, -0.1) is 0 Å². The van der Waals surface area contributed by atoms with Gasteiger partial charge in [0.2, 0.25) is 0 Å². The molecular formula is C13H18N2. The second kappa shape index (κ2) is 3.37. The second-order valence-corrected chi connectivity index (χ2v) is 5.02. The first kappa shape index (κ1) is 10.2. The molecule has 0 amide bonds. The van der Waals surface area contributed by atoms with Crippen LogP contribution in [0.15, 0.2) is 24.5 Å². The molecule has 0 aliphatic heterocycles. The molecule has 0 saturated heterocycles. The van der Waals surface area contributed by atoms with Crippen molar-refractivity contribution in [1.82, 2.24) is 9.38 Å². The predicted octanol–water partition coefficient (Wildman–Crippen LogP) is 3.19. The Hall–Kier alpha value is -1.31. The van der Waals surface area contributed by atoms with E-state index in [1.165, 1.54) is 5.56 Å². The van der Waals surface area contributed by atoms with Gasteiger partial charge in [0.15, 0.2) is 0 Å². The van der Waals surface area contributed by atoms with E-state index in [9.17, 15) is 0 Å². The van der Waals surface area contributed by atoms with Crippen LogP contribution >= 0.6 is 0 Å². The van der Waals surface area contributed by atoms with E-state index in [2.05, 4.69) is 61.6 Å². The van der Waals surface area contributed by atoms with E-state index in [0.717, 1.165) is 17.8 Å². The zero-order chi connectivity index (χ0) is 11.1. The number of hydrogen-bond donors (Lipinski definition) is 0. The summed E-state index contributed by atoms with van der Waals surface area (Å²) in [6.45, 7) is 8.82. The van der Waals surface area contributed by atoms with Crippen molar-refractivity contribution in [1.29, 1.82) is 0 Å². The molecule has 0 saturated carbocycles. The van der Waals surface area contributed by atoms with Crippen molar-refractivity contribution in [3.63, 3.8) is 0 Å². The fraction of sp³-hybridized carbons (Fsp3) is 0.462. The first-order chi connectivity index (χ1) is 7.00. The summed E-state index contributed by atoms with van der Waals surface area (Å²) in [5.74, 6) is 0. The summed E-state index contributed by atoms with van der Waals surface area (Å²) >= 11 is 0. The Kier molecular flexibility index (Phi) is 2.29. The summed E-state index contributed by atoms with van der Waals surface area (Å²) in [5, 5.41) is 0. The second-order valence-electron chi connectivity index (χ2n) is 5.02. The highest BCUT2D eigenvalue weighted by atomic mass is 15.0. The monoisotopic (exact) mass is 202 g/mol. The SMILES string of the molecule is CCc1cn2cc(C(C)(C)C)ccc2n1. The van der Waals surface area contributed by atoms with Crippen LogP contribution in [0.25, 0.3) is 5.65 Å². The number of rotatable bonds is 1. The van der Waals surface area contributed by atoms with Gasteiger partial charge in [0.05, 0.1) is 5.69 Å². The Morgan fingerprint density at radius 1 is 1.20 bits per heavy atom. The lowest BCUT2D eigenvalue weighted by Gasteiger charge is -2.18. The smallest absolute Gasteiger partial charge is 0.136 e. The Bertz CT molecular complexity index is 475. The van der Waals surface area contributed by atoms with Crippen LogP contribution in [0, 0.1) is 0 Å². The van der Waals surface area contributed by atoms with Crippen molar-refractivity contribution >= 4 is 5.65 Å². The Balaban J connectivity index is 2.55. The van der Waals surface area contributed by atoms with Crippen molar-refractivity contribution in [3.05, 3.63) is 35.8 Å². The first-order valence-electron chi connectivity index (χ1n) is 5.49. The van der Waals surface area contributed by atoms with E-state index in [-0.39, 0.29) is 5.41 Å². The summed E-state index contributed by atoms with van der Waals surface area (Å²) in [4.78, 5) is 4.52. The normalized spacial score (nSPS) is 12.3. The molecule has 0 fully saturated rings. The number of aromatic nitrogens is 2. The maximum atomic E-state index is 4.52. The van der Waals surface area contributed by atoms with Gasteiger partial charge in [-0.2, -0.15) is 0 Å². The molecule has 0 spiro atoms. The van der Waals surface area contributed by atoms with Gasteiger partial charge in [-0.1, -0.05) is 33.8 Å². The van der Waals surface area contributed by atoms with Crippen LogP contribution in [0.1, 0.15) is 39.0 Å². The Labute approximate surface area is 91.0 Å². The molecule has 2 aromatic heterocycles. The summed E-state index contributed by atoms with van der Waals surface area (Å²) < 4.78 is 2.12. The van der Waals surface area contributed by atoms with Crippen LogP contribution in [0.4, 0.5) is 0 Å². The van der Waals surface area contributed by atoms with Crippen LogP contribution in [0.3, 0.4) is 0 Å². The molecule has 0 aliphatic carbocycles. The zero-order valence-electron chi connectivity index (χ0n) is 9.91. The highest BCUT2D eigenvalue weighted by molar-refractivity contribution is 5.42. The standard InChI is InChI=1S/C13H18N2/c1-5-11-9-15-8-10(13(2,3)4)6-7-12(15)14-11/h6-9H,5H2,1-4H3. The lowest BCUT2D eigenvalue weighted by Crippen LogP contribution is -2.11. The largest absolute Gasteiger partial charge is 0.307 e. The van der Waals surface area contributed by atoms with Gasteiger partial charge in [0.1, 0.15) is 5.65 Å². The maximum absolute atomic E-state index is 4.52. The van der Waals surface area contributed by atoms with Gasteiger partial charge >= 0.3 is 0 Å².